The smallest absolute Gasteiger partial charge is 0.214 e. The molecule has 20 heavy (non-hydrogen) atoms. The molecule has 0 saturated heterocycles. The molecule has 0 spiro atoms. The van der Waals surface area contributed by atoms with Crippen molar-refractivity contribution in [1.82, 2.24) is 4.98 Å². The summed E-state index contributed by atoms with van der Waals surface area (Å²) in [5.74, 6) is -1.60. The van der Waals surface area contributed by atoms with Crippen molar-refractivity contribution in [2.75, 3.05) is 11.5 Å². The third-order valence-electron chi connectivity index (χ3n) is 2.97. The third-order valence-corrected chi connectivity index (χ3v) is 3.26. The Balaban J connectivity index is 2.38. The maximum Gasteiger partial charge on any atom is 0.214 e. The van der Waals surface area contributed by atoms with Gasteiger partial charge in [-0.3, -0.25) is 4.98 Å². The third kappa shape index (κ3) is 1.77. The summed E-state index contributed by atoms with van der Waals surface area (Å²) in [6.07, 6.45) is 2.80. The number of nitrogens with zero attached hydrogens (tertiary/aromatic N) is 1. The molecule has 2 heterocycles. The van der Waals surface area contributed by atoms with E-state index in [4.69, 9.17) is 27.5 Å². The number of nitrogens with two attached hydrogens (primary N) is 2. The SMILES string of the molecule is Nc1oc2cncc(-c3cc(Cl)c(F)cc3F)c2c1N. The quantitative estimate of drug-likeness (QED) is 0.672. The lowest BCUT2D eigenvalue weighted by atomic mass is 10.0. The van der Waals surface area contributed by atoms with Crippen LogP contribution in [0.5, 0.6) is 0 Å². The zero-order chi connectivity index (χ0) is 14.4. The molecule has 0 aliphatic rings. The highest BCUT2D eigenvalue weighted by Gasteiger charge is 2.18. The summed E-state index contributed by atoms with van der Waals surface area (Å²) in [5.41, 5.74) is 12.3. The second kappa shape index (κ2) is 4.35. The van der Waals surface area contributed by atoms with Crippen LogP contribution in [0.2, 0.25) is 5.02 Å². The molecule has 0 radical (unpaired) electrons. The second-order valence-corrected chi connectivity index (χ2v) is 4.59. The molecule has 0 bridgehead atoms. The lowest BCUT2D eigenvalue weighted by molar-refractivity contribution is 0.586. The van der Waals surface area contributed by atoms with E-state index in [0.29, 0.717) is 22.6 Å². The van der Waals surface area contributed by atoms with Gasteiger partial charge in [-0.2, -0.15) is 0 Å². The second-order valence-electron chi connectivity index (χ2n) is 4.19. The van der Waals surface area contributed by atoms with E-state index in [1.807, 2.05) is 0 Å². The Bertz CT molecular complexity index is 832. The van der Waals surface area contributed by atoms with E-state index in [1.54, 1.807) is 0 Å². The number of rotatable bonds is 1. The van der Waals surface area contributed by atoms with Crippen molar-refractivity contribution < 1.29 is 13.2 Å². The van der Waals surface area contributed by atoms with Crippen LogP contribution in [0.15, 0.2) is 28.9 Å². The first-order valence-corrected chi connectivity index (χ1v) is 5.93. The Hall–Kier alpha value is -2.34. The maximum atomic E-state index is 14.0. The minimum Gasteiger partial charge on any atom is -0.437 e. The number of aromatic nitrogens is 1. The summed E-state index contributed by atoms with van der Waals surface area (Å²) in [7, 11) is 0. The molecular formula is C13H8ClF2N3O. The number of furan rings is 1. The lowest BCUT2D eigenvalue weighted by Gasteiger charge is -2.06. The van der Waals surface area contributed by atoms with Crippen LogP contribution in [-0.4, -0.2) is 4.98 Å². The van der Waals surface area contributed by atoms with E-state index in [0.717, 1.165) is 0 Å². The van der Waals surface area contributed by atoms with Crippen LogP contribution in [0.1, 0.15) is 0 Å². The van der Waals surface area contributed by atoms with Crippen LogP contribution in [0.3, 0.4) is 0 Å². The summed E-state index contributed by atoms with van der Waals surface area (Å²) in [5, 5.41) is 0.215. The summed E-state index contributed by atoms with van der Waals surface area (Å²) in [6, 6.07) is 1.88. The van der Waals surface area contributed by atoms with Crippen LogP contribution >= 0.6 is 11.6 Å². The Morgan fingerprint density at radius 1 is 1.05 bits per heavy atom. The fraction of sp³-hybridized carbons (Fsp3) is 0. The monoisotopic (exact) mass is 295 g/mol. The van der Waals surface area contributed by atoms with Crippen molar-refractivity contribution in [2.45, 2.75) is 0 Å². The molecule has 0 saturated carbocycles. The van der Waals surface area contributed by atoms with Crippen molar-refractivity contribution in [3.8, 4) is 11.1 Å². The zero-order valence-electron chi connectivity index (χ0n) is 9.95. The van der Waals surface area contributed by atoms with Crippen LogP contribution in [0, 0.1) is 11.6 Å². The molecule has 7 heteroatoms. The Kier molecular flexibility index (Phi) is 2.76. The highest BCUT2D eigenvalue weighted by molar-refractivity contribution is 6.31. The number of fused-ring (bicyclic) bond motifs is 1. The maximum absolute atomic E-state index is 14.0. The van der Waals surface area contributed by atoms with Gasteiger partial charge in [-0.05, 0) is 6.07 Å². The number of halogens is 3. The molecule has 0 unspecified atom stereocenters. The van der Waals surface area contributed by atoms with Crippen molar-refractivity contribution in [3.63, 3.8) is 0 Å². The van der Waals surface area contributed by atoms with Crippen LogP contribution < -0.4 is 11.5 Å². The predicted octanol–water partition coefficient (Wildman–Crippen LogP) is 3.59. The van der Waals surface area contributed by atoms with Crippen molar-refractivity contribution in [2.24, 2.45) is 0 Å². The van der Waals surface area contributed by atoms with Gasteiger partial charge in [0, 0.05) is 23.4 Å². The highest BCUT2D eigenvalue weighted by Crippen LogP contribution is 2.39. The number of pyridine rings is 1. The van der Waals surface area contributed by atoms with Gasteiger partial charge in [-0.15, -0.1) is 0 Å². The number of benzene rings is 1. The van der Waals surface area contributed by atoms with Crippen molar-refractivity contribution in [1.29, 1.82) is 0 Å². The standard InChI is InChI=1S/C13H8ClF2N3O/c14-7-1-5(8(15)2-9(7)16)6-3-19-4-10-11(6)12(17)13(18)20-10/h1-4H,17-18H2. The molecule has 0 atom stereocenters. The summed E-state index contributed by atoms with van der Waals surface area (Å²) in [6.45, 7) is 0. The molecule has 3 aromatic rings. The lowest BCUT2D eigenvalue weighted by Crippen LogP contribution is -1.93. The van der Waals surface area contributed by atoms with E-state index in [2.05, 4.69) is 4.98 Å². The minimum absolute atomic E-state index is 0.0165. The number of anilines is 2. The summed E-state index contributed by atoms with van der Waals surface area (Å²) >= 11 is 5.69. The van der Waals surface area contributed by atoms with Gasteiger partial charge in [0.2, 0.25) is 5.88 Å². The number of nitrogen functional groups attached to an aromatic ring is 2. The minimum atomic E-state index is -0.840. The average molecular weight is 296 g/mol. The fourth-order valence-electron chi connectivity index (χ4n) is 2.03. The first-order chi connectivity index (χ1) is 9.49. The topological polar surface area (TPSA) is 78.1 Å². The molecule has 1 aromatic carbocycles. The van der Waals surface area contributed by atoms with Gasteiger partial charge < -0.3 is 15.9 Å². The Morgan fingerprint density at radius 3 is 2.55 bits per heavy atom. The van der Waals surface area contributed by atoms with Gasteiger partial charge in [-0.25, -0.2) is 8.78 Å². The van der Waals surface area contributed by atoms with E-state index in [1.165, 1.54) is 18.5 Å². The Labute approximate surface area is 116 Å². The largest absolute Gasteiger partial charge is 0.437 e. The number of hydrogen-bond acceptors (Lipinski definition) is 4. The molecule has 0 aliphatic heterocycles. The van der Waals surface area contributed by atoms with Crippen LogP contribution in [-0.2, 0) is 0 Å². The van der Waals surface area contributed by atoms with E-state index >= 15 is 0 Å². The summed E-state index contributed by atoms with van der Waals surface area (Å²) < 4.78 is 32.4. The van der Waals surface area contributed by atoms with E-state index in [9.17, 15) is 8.78 Å². The predicted molar refractivity (Wildman–Crippen MR) is 73.2 cm³/mol. The van der Waals surface area contributed by atoms with E-state index in [-0.39, 0.29) is 22.2 Å². The summed E-state index contributed by atoms with van der Waals surface area (Å²) in [4.78, 5) is 3.93. The van der Waals surface area contributed by atoms with Gasteiger partial charge in [0.25, 0.3) is 0 Å². The molecule has 4 nitrogen and oxygen atoms in total. The van der Waals surface area contributed by atoms with Crippen molar-refractivity contribution >= 4 is 34.1 Å². The van der Waals surface area contributed by atoms with E-state index < -0.39 is 11.6 Å². The molecular weight excluding hydrogens is 288 g/mol. The average Bonchev–Trinajstić information content (AvgIpc) is 2.70. The zero-order valence-corrected chi connectivity index (χ0v) is 10.7. The Morgan fingerprint density at radius 2 is 1.80 bits per heavy atom. The van der Waals surface area contributed by atoms with Gasteiger partial charge >= 0.3 is 0 Å². The van der Waals surface area contributed by atoms with Gasteiger partial charge in [0.05, 0.1) is 16.6 Å². The highest BCUT2D eigenvalue weighted by atomic mass is 35.5. The van der Waals surface area contributed by atoms with Crippen LogP contribution in [0.25, 0.3) is 22.1 Å². The van der Waals surface area contributed by atoms with Gasteiger partial charge in [0.15, 0.2) is 5.58 Å². The molecule has 0 aliphatic carbocycles. The fourth-order valence-corrected chi connectivity index (χ4v) is 2.19. The first kappa shape index (κ1) is 12.7. The molecule has 0 fully saturated rings. The first-order valence-electron chi connectivity index (χ1n) is 5.55. The number of hydrogen-bond donors (Lipinski definition) is 2. The molecule has 3 rings (SSSR count). The molecule has 4 N–H and O–H groups in total. The van der Waals surface area contributed by atoms with Crippen molar-refractivity contribution in [3.05, 3.63) is 41.2 Å². The van der Waals surface area contributed by atoms with Gasteiger partial charge in [0.1, 0.15) is 17.3 Å². The normalized spacial score (nSPS) is 11.2. The van der Waals surface area contributed by atoms with Crippen LogP contribution in [0.4, 0.5) is 20.4 Å². The molecule has 0 amide bonds. The molecule has 102 valence electrons. The van der Waals surface area contributed by atoms with Gasteiger partial charge in [-0.1, -0.05) is 11.6 Å². The molecule has 2 aromatic heterocycles.